The van der Waals surface area contributed by atoms with Crippen LogP contribution in [0.1, 0.15) is 25.7 Å². The molecule has 1 aliphatic heterocycles. The number of aliphatic hydroxyl groups is 1. The van der Waals surface area contributed by atoms with E-state index in [4.69, 9.17) is 10.2 Å². The summed E-state index contributed by atoms with van der Waals surface area (Å²) in [4.78, 5) is 12.6. The molecule has 1 aliphatic carbocycles. The fraction of sp³-hybridized carbons (Fsp3) is 0.900. The largest absolute Gasteiger partial charge is 0.479 e. The highest BCUT2D eigenvalue weighted by Gasteiger charge is 2.46. The van der Waals surface area contributed by atoms with E-state index in [0.29, 0.717) is 11.8 Å². The van der Waals surface area contributed by atoms with E-state index >= 15 is 0 Å². The molecule has 2 rings (SSSR count). The fourth-order valence-electron chi connectivity index (χ4n) is 2.48. The average molecular weight is 199 g/mol. The Balaban J connectivity index is 1.62. The van der Waals surface area contributed by atoms with E-state index in [0.717, 1.165) is 19.6 Å². The quantitative estimate of drug-likeness (QED) is 0.684. The maximum Gasteiger partial charge on any atom is 0.332 e. The van der Waals surface area contributed by atoms with Crippen LogP contribution in [0.15, 0.2) is 0 Å². The first kappa shape index (κ1) is 9.93. The Morgan fingerprint density at radius 1 is 1.43 bits per heavy atom. The summed E-state index contributed by atoms with van der Waals surface area (Å²) in [7, 11) is 0. The summed E-state index contributed by atoms with van der Waals surface area (Å²) >= 11 is 0. The SMILES string of the molecule is O=C(O)C(O)CCN1CC2(CCC2)C1. The summed E-state index contributed by atoms with van der Waals surface area (Å²) in [6.45, 7) is 2.94. The van der Waals surface area contributed by atoms with Gasteiger partial charge in [-0.3, -0.25) is 0 Å². The number of carboxylic acid groups (broad SMARTS) is 1. The van der Waals surface area contributed by atoms with Gasteiger partial charge in [0.05, 0.1) is 0 Å². The highest BCUT2D eigenvalue weighted by molar-refractivity contribution is 5.71. The lowest BCUT2D eigenvalue weighted by Gasteiger charge is -2.56. The molecule has 1 saturated carbocycles. The van der Waals surface area contributed by atoms with Crippen molar-refractivity contribution in [2.24, 2.45) is 5.41 Å². The second-order valence-corrected chi connectivity index (χ2v) is 4.71. The minimum atomic E-state index is -1.19. The van der Waals surface area contributed by atoms with Crippen LogP contribution in [-0.4, -0.2) is 46.8 Å². The van der Waals surface area contributed by atoms with Crippen LogP contribution >= 0.6 is 0 Å². The molecule has 0 aromatic heterocycles. The van der Waals surface area contributed by atoms with Crippen molar-refractivity contribution >= 4 is 5.97 Å². The van der Waals surface area contributed by atoms with E-state index in [-0.39, 0.29) is 0 Å². The molecule has 4 heteroatoms. The van der Waals surface area contributed by atoms with Crippen molar-refractivity contribution in [3.8, 4) is 0 Å². The van der Waals surface area contributed by atoms with Crippen molar-refractivity contribution in [3.05, 3.63) is 0 Å². The molecule has 80 valence electrons. The topological polar surface area (TPSA) is 60.8 Å². The number of aliphatic hydroxyl groups excluding tert-OH is 1. The molecule has 2 N–H and O–H groups in total. The predicted molar refractivity (Wildman–Crippen MR) is 51.0 cm³/mol. The Labute approximate surface area is 83.5 Å². The van der Waals surface area contributed by atoms with Crippen molar-refractivity contribution in [3.63, 3.8) is 0 Å². The second-order valence-electron chi connectivity index (χ2n) is 4.71. The van der Waals surface area contributed by atoms with Crippen molar-refractivity contribution in [2.45, 2.75) is 31.8 Å². The van der Waals surface area contributed by atoms with Crippen molar-refractivity contribution < 1.29 is 15.0 Å². The van der Waals surface area contributed by atoms with Gasteiger partial charge < -0.3 is 15.1 Å². The van der Waals surface area contributed by atoms with Crippen LogP contribution in [0.4, 0.5) is 0 Å². The molecule has 0 amide bonds. The summed E-state index contributed by atoms with van der Waals surface area (Å²) < 4.78 is 0. The molecule has 4 nitrogen and oxygen atoms in total. The smallest absolute Gasteiger partial charge is 0.332 e. The zero-order valence-electron chi connectivity index (χ0n) is 8.28. The van der Waals surface area contributed by atoms with Gasteiger partial charge in [0.15, 0.2) is 6.10 Å². The Hall–Kier alpha value is -0.610. The first-order chi connectivity index (χ1) is 6.61. The van der Waals surface area contributed by atoms with Gasteiger partial charge in [0.1, 0.15) is 0 Å². The number of nitrogens with zero attached hydrogens (tertiary/aromatic N) is 1. The van der Waals surface area contributed by atoms with Crippen molar-refractivity contribution in [2.75, 3.05) is 19.6 Å². The number of carbonyl (C=O) groups is 1. The van der Waals surface area contributed by atoms with Gasteiger partial charge in [-0.2, -0.15) is 0 Å². The maximum atomic E-state index is 10.3. The van der Waals surface area contributed by atoms with E-state index in [1.807, 2.05) is 0 Å². The summed E-state index contributed by atoms with van der Waals surface area (Å²) in [6.07, 6.45) is 3.19. The Morgan fingerprint density at radius 3 is 2.50 bits per heavy atom. The maximum absolute atomic E-state index is 10.3. The molecule has 2 aliphatic rings. The van der Waals surface area contributed by atoms with Crippen molar-refractivity contribution in [1.82, 2.24) is 4.90 Å². The summed E-state index contributed by atoms with van der Waals surface area (Å²) in [6, 6.07) is 0. The normalized spacial score (nSPS) is 26.6. The van der Waals surface area contributed by atoms with Crippen LogP contribution in [0.25, 0.3) is 0 Å². The number of aliphatic carboxylic acids is 1. The van der Waals surface area contributed by atoms with Gasteiger partial charge in [0.2, 0.25) is 0 Å². The fourth-order valence-corrected chi connectivity index (χ4v) is 2.48. The van der Waals surface area contributed by atoms with Crippen LogP contribution < -0.4 is 0 Å². The van der Waals surface area contributed by atoms with Crippen LogP contribution in [-0.2, 0) is 4.79 Å². The lowest BCUT2D eigenvalue weighted by Crippen LogP contribution is -2.59. The third-order valence-corrected chi connectivity index (χ3v) is 3.54. The van der Waals surface area contributed by atoms with Gasteiger partial charge in [-0.1, -0.05) is 6.42 Å². The van der Waals surface area contributed by atoms with Crippen LogP contribution in [0.2, 0.25) is 0 Å². The van der Waals surface area contributed by atoms with E-state index in [2.05, 4.69) is 4.90 Å². The lowest BCUT2D eigenvalue weighted by atomic mass is 9.63. The average Bonchev–Trinajstić information content (AvgIpc) is 1.97. The number of likely N-dealkylation sites (tertiary alicyclic amines) is 1. The second kappa shape index (κ2) is 3.51. The molecule has 0 bridgehead atoms. The minimum absolute atomic E-state index is 0.353. The third kappa shape index (κ3) is 1.77. The molecule has 14 heavy (non-hydrogen) atoms. The third-order valence-electron chi connectivity index (χ3n) is 3.54. The number of hydrogen-bond donors (Lipinski definition) is 2. The number of carboxylic acids is 1. The van der Waals surface area contributed by atoms with E-state index < -0.39 is 12.1 Å². The first-order valence-corrected chi connectivity index (χ1v) is 5.25. The molecule has 0 aromatic rings. The Bertz CT molecular complexity index is 230. The van der Waals surface area contributed by atoms with Crippen LogP contribution in [0.5, 0.6) is 0 Å². The molecule has 1 spiro atoms. The van der Waals surface area contributed by atoms with E-state index in [9.17, 15) is 4.79 Å². The summed E-state index contributed by atoms with van der Waals surface area (Å²) in [5, 5.41) is 17.5. The number of rotatable bonds is 4. The minimum Gasteiger partial charge on any atom is -0.479 e. The van der Waals surface area contributed by atoms with Crippen LogP contribution in [0, 0.1) is 5.41 Å². The van der Waals surface area contributed by atoms with Gasteiger partial charge in [0.25, 0.3) is 0 Å². The molecule has 0 aromatic carbocycles. The Morgan fingerprint density at radius 2 is 2.07 bits per heavy atom. The number of hydrogen-bond acceptors (Lipinski definition) is 3. The molecular formula is C10H17NO3. The molecule has 2 fully saturated rings. The summed E-state index contributed by atoms with van der Waals surface area (Å²) in [5.74, 6) is -1.11. The van der Waals surface area contributed by atoms with Gasteiger partial charge >= 0.3 is 5.97 Å². The van der Waals surface area contributed by atoms with E-state index in [1.54, 1.807) is 0 Å². The standard InChI is InChI=1S/C10H17NO3/c12-8(9(13)14)2-5-11-6-10(7-11)3-1-4-10/h8,12H,1-7H2,(H,13,14). The monoisotopic (exact) mass is 199 g/mol. The molecule has 1 atom stereocenters. The van der Waals surface area contributed by atoms with Crippen LogP contribution in [0.3, 0.4) is 0 Å². The molecular weight excluding hydrogens is 182 g/mol. The molecule has 1 unspecified atom stereocenters. The van der Waals surface area contributed by atoms with Gasteiger partial charge in [-0.05, 0) is 24.7 Å². The first-order valence-electron chi connectivity index (χ1n) is 5.25. The zero-order chi connectivity index (χ0) is 10.2. The highest BCUT2D eigenvalue weighted by atomic mass is 16.4. The molecule has 1 saturated heterocycles. The Kier molecular flexibility index (Phi) is 2.49. The molecule has 1 heterocycles. The van der Waals surface area contributed by atoms with Gasteiger partial charge in [-0.15, -0.1) is 0 Å². The van der Waals surface area contributed by atoms with E-state index in [1.165, 1.54) is 19.3 Å². The highest BCUT2D eigenvalue weighted by Crippen LogP contribution is 2.47. The lowest BCUT2D eigenvalue weighted by molar-refractivity contribution is -0.147. The summed E-state index contributed by atoms with van der Waals surface area (Å²) in [5.41, 5.74) is 0.591. The van der Waals surface area contributed by atoms with Gasteiger partial charge in [-0.25, -0.2) is 4.79 Å². The molecule has 0 radical (unpaired) electrons. The van der Waals surface area contributed by atoms with Gasteiger partial charge in [0, 0.05) is 19.6 Å². The van der Waals surface area contributed by atoms with Crippen molar-refractivity contribution in [1.29, 1.82) is 0 Å². The predicted octanol–water partition coefficient (Wildman–Crippen LogP) is 0.308. The zero-order valence-corrected chi connectivity index (χ0v) is 8.28.